The Labute approximate surface area is 145 Å². The zero-order valence-corrected chi connectivity index (χ0v) is 14.8. The van der Waals surface area contributed by atoms with Crippen molar-refractivity contribution in [3.8, 4) is 0 Å². The third-order valence-corrected chi connectivity index (χ3v) is 4.90. The molecule has 0 aliphatic heterocycles. The molecule has 0 spiro atoms. The minimum Gasteiger partial charge on any atom is -0.345 e. The summed E-state index contributed by atoms with van der Waals surface area (Å²) in [5, 5.41) is 7.15. The van der Waals surface area contributed by atoms with E-state index in [1.54, 1.807) is 22.3 Å². The molecule has 0 radical (unpaired) electrons. The van der Waals surface area contributed by atoms with Crippen LogP contribution in [0.15, 0.2) is 43.0 Å². The van der Waals surface area contributed by atoms with E-state index in [1.165, 1.54) is 21.6 Å². The van der Waals surface area contributed by atoms with E-state index in [1.807, 2.05) is 31.2 Å². The average molecular weight is 340 g/mol. The predicted molar refractivity (Wildman–Crippen MR) is 95.2 cm³/mol. The zero-order chi connectivity index (χ0) is 17.1. The number of aromatic nitrogens is 3. The highest BCUT2D eigenvalue weighted by Crippen LogP contribution is 2.26. The SMILES string of the molecule is Cc1cc(C(C)NC(=O)c2ccc(Cn3cncn3)cc2)c(C)s1. The van der Waals surface area contributed by atoms with Gasteiger partial charge in [0.05, 0.1) is 12.6 Å². The quantitative estimate of drug-likeness (QED) is 0.773. The van der Waals surface area contributed by atoms with Crippen LogP contribution in [0.3, 0.4) is 0 Å². The molecule has 1 unspecified atom stereocenters. The van der Waals surface area contributed by atoms with Crippen LogP contribution < -0.4 is 5.32 Å². The van der Waals surface area contributed by atoms with Gasteiger partial charge in [-0.25, -0.2) is 9.67 Å². The molecule has 124 valence electrons. The van der Waals surface area contributed by atoms with Crippen molar-refractivity contribution in [1.29, 1.82) is 0 Å². The summed E-state index contributed by atoms with van der Waals surface area (Å²) < 4.78 is 1.75. The van der Waals surface area contributed by atoms with Crippen molar-refractivity contribution in [1.82, 2.24) is 20.1 Å². The Morgan fingerprint density at radius 2 is 2.04 bits per heavy atom. The lowest BCUT2D eigenvalue weighted by Crippen LogP contribution is -2.26. The van der Waals surface area contributed by atoms with Gasteiger partial charge in [0.1, 0.15) is 12.7 Å². The lowest BCUT2D eigenvalue weighted by molar-refractivity contribution is 0.0940. The largest absolute Gasteiger partial charge is 0.345 e. The number of rotatable bonds is 5. The Kier molecular flexibility index (Phi) is 4.76. The van der Waals surface area contributed by atoms with Crippen molar-refractivity contribution in [2.45, 2.75) is 33.4 Å². The summed E-state index contributed by atoms with van der Waals surface area (Å²) >= 11 is 1.76. The van der Waals surface area contributed by atoms with Crippen molar-refractivity contribution in [2.24, 2.45) is 0 Å². The summed E-state index contributed by atoms with van der Waals surface area (Å²) in [6.45, 7) is 6.84. The van der Waals surface area contributed by atoms with Gasteiger partial charge >= 0.3 is 0 Å². The van der Waals surface area contributed by atoms with Crippen LogP contribution in [-0.2, 0) is 6.54 Å². The summed E-state index contributed by atoms with van der Waals surface area (Å²) in [5.41, 5.74) is 2.93. The molecule has 0 aliphatic carbocycles. The Balaban J connectivity index is 1.65. The molecule has 2 heterocycles. The Morgan fingerprint density at radius 3 is 2.62 bits per heavy atom. The van der Waals surface area contributed by atoms with Crippen molar-refractivity contribution in [3.63, 3.8) is 0 Å². The number of nitrogens with zero attached hydrogens (tertiary/aromatic N) is 3. The summed E-state index contributed by atoms with van der Waals surface area (Å²) in [7, 11) is 0. The summed E-state index contributed by atoms with van der Waals surface area (Å²) in [6.07, 6.45) is 3.19. The molecule has 0 aliphatic rings. The highest BCUT2D eigenvalue weighted by atomic mass is 32.1. The van der Waals surface area contributed by atoms with Crippen LogP contribution in [0.5, 0.6) is 0 Å². The maximum Gasteiger partial charge on any atom is 0.251 e. The smallest absolute Gasteiger partial charge is 0.251 e. The van der Waals surface area contributed by atoms with Gasteiger partial charge in [-0.3, -0.25) is 4.79 Å². The first-order valence-electron chi connectivity index (χ1n) is 7.82. The fourth-order valence-corrected chi connectivity index (χ4v) is 3.72. The second-order valence-electron chi connectivity index (χ2n) is 5.85. The van der Waals surface area contributed by atoms with Gasteiger partial charge in [0.25, 0.3) is 5.91 Å². The molecule has 0 bridgehead atoms. The molecule has 1 aromatic carbocycles. The summed E-state index contributed by atoms with van der Waals surface area (Å²) in [6, 6.07) is 9.73. The minimum atomic E-state index is -0.0574. The molecule has 0 fully saturated rings. The van der Waals surface area contributed by atoms with Crippen molar-refractivity contribution in [2.75, 3.05) is 0 Å². The van der Waals surface area contributed by atoms with Gasteiger partial charge in [0.2, 0.25) is 0 Å². The fourth-order valence-electron chi connectivity index (χ4n) is 2.70. The van der Waals surface area contributed by atoms with Crippen LogP contribution in [0.2, 0.25) is 0 Å². The number of carbonyl (C=O) groups is 1. The first-order valence-corrected chi connectivity index (χ1v) is 8.63. The number of aryl methyl sites for hydroxylation is 2. The molecule has 3 rings (SSSR count). The van der Waals surface area contributed by atoms with Crippen molar-refractivity contribution >= 4 is 17.2 Å². The van der Waals surface area contributed by atoms with Gasteiger partial charge in [-0.05, 0) is 50.1 Å². The standard InChI is InChI=1S/C18H20N4OS/c1-12-8-17(14(3)24-12)13(2)21-18(23)16-6-4-15(5-7-16)9-22-11-19-10-20-22/h4-8,10-11,13H,9H2,1-3H3,(H,21,23). The lowest BCUT2D eigenvalue weighted by Gasteiger charge is -2.14. The molecular formula is C18H20N4OS. The van der Waals surface area contributed by atoms with Crippen LogP contribution in [0.1, 0.15) is 44.2 Å². The van der Waals surface area contributed by atoms with Crippen LogP contribution in [0, 0.1) is 13.8 Å². The van der Waals surface area contributed by atoms with Gasteiger partial charge in [-0.2, -0.15) is 5.10 Å². The molecule has 1 atom stereocenters. The van der Waals surface area contributed by atoms with E-state index in [-0.39, 0.29) is 11.9 Å². The number of hydrogen-bond acceptors (Lipinski definition) is 4. The fraction of sp³-hybridized carbons (Fsp3) is 0.278. The van der Waals surface area contributed by atoms with E-state index < -0.39 is 0 Å². The Morgan fingerprint density at radius 1 is 1.29 bits per heavy atom. The van der Waals surface area contributed by atoms with Crippen molar-refractivity contribution < 1.29 is 4.79 Å². The van der Waals surface area contributed by atoms with Gasteiger partial charge in [0.15, 0.2) is 0 Å². The number of benzene rings is 1. The van der Waals surface area contributed by atoms with Gasteiger partial charge < -0.3 is 5.32 Å². The van der Waals surface area contributed by atoms with Crippen LogP contribution >= 0.6 is 11.3 Å². The first kappa shape index (κ1) is 16.4. The summed E-state index contributed by atoms with van der Waals surface area (Å²) in [5.74, 6) is -0.0574. The molecule has 0 saturated heterocycles. The maximum absolute atomic E-state index is 12.4. The van der Waals surface area contributed by atoms with Gasteiger partial charge in [-0.1, -0.05) is 12.1 Å². The van der Waals surface area contributed by atoms with Crippen LogP contribution in [0.4, 0.5) is 0 Å². The van der Waals surface area contributed by atoms with Crippen LogP contribution in [-0.4, -0.2) is 20.7 Å². The maximum atomic E-state index is 12.4. The van der Waals surface area contributed by atoms with E-state index in [0.717, 1.165) is 5.56 Å². The molecule has 6 heteroatoms. The number of nitrogens with one attached hydrogen (secondary N) is 1. The minimum absolute atomic E-state index is 0.00252. The molecule has 3 aromatic rings. The number of thiophene rings is 1. The highest BCUT2D eigenvalue weighted by molar-refractivity contribution is 7.12. The third-order valence-electron chi connectivity index (χ3n) is 3.92. The molecule has 5 nitrogen and oxygen atoms in total. The monoisotopic (exact) mass is 340 g/mol. The Hall–Kier alpha value is -2.47. The van der Waals surface area contributed by atoms with Gasteiger partial charge in [-0.15, -0.1) is 11.3 Å². The molecule has 1 amide bonds. The third kappa shape index (κ3) is 3.71. The second kappa shape index (κ2) is 6.97. The van der Waals surface area contributed by atoms with Crippen LogP contribution in [0.25, 0.3) is 0 Å². The van der Waals surface area contributed by atoms with E-state index >= 15 is 0 Å². The molecule has 1 N–H and O–H groups in total. The topological polar surface area (TPSA) is 59.8 Å². The average Bonchev–Trinajstić information content (AvgIpc) is 3.17. The molecule has 2 aromatic heterocycles. The highest BCUT2D eigenvalue weighted by Gasteiger charge is 2.15. The second-order valence-corrected chi connectivity index (χ2v) is 7.31. The zero-order valence-electron chi connectivity index (χ0n) is 14.0. The molecular weight excluding hydrogens is 320 g/mol. The van der Waals surface area contributed by atoms with Crippen molar-refractivity contribution in [3.05, 3.63) is 69.4 Å². The number of carbonyl (C=O) groups excluding carboxylic acids is 1. The molecule has 24 heavy (non-hydrogen) atoms. The van der Waals surface area contributed by atoms with E-state index in [0.29, 0.717) is 12.1 Å². The summed E-state index contributed by atoms with van der Waals surface area (Å²) in [4.78, 5) is 18.9. The lowest BCUT2D eigenvalue weighted by atomic mass is 10.1. The number of hydrogen-bond donors (Lipinski definition) is 1. The first-order chi connectivity index (χ1) is 11.5. The van der Waals surface area contributed by atoms with E-state index in [4.69, 9.17) is 0 Å². The Bertz CT molecular complexity index is 821. The predicted octanol–water partition coefficient (Wildman–Crippen LogP) is 3.50. The normalized spacial score (nSPS) is 12.1. The van der Waals surface area contributed by atoms with Gasteiger partial charge in [0, 0.05) is 15.3 Å². The number of amides is 1. The molecule has 0 saturated carbocycles. The van der Waals surface area contributed by atoms with E-state index in [9.17, 15) is 4.79 Å². The van der Waals surface area contributed by atoms with E-state index in [2.05, 4.69) is 35.3 Å².